The maximum Gasteiger partial charge on any atom is 0.137 e. The van der Waals surface area contributed by atoms with Gasteiger partial charge in [-0.25, -0.2) is 9.97 Å². The molecule has 0 aliphatic carbocycles. The van der Waals surface area contributed by atoms with Crippen LogP contribution in [0, 0.1) is 0 Å². The second kappa shape index (κ2) is 12.4. The summed E-state index contributed by atoms with van der Waals surface area (Å²) in [4.78, 5) is 12.5. The van der Waals surface area contributed by atoms with Crippen LogP contribution in [0.5, 0.6) is 5.75 Å². The van der Waals surface area contributed by atoms with Gasteiger partial charge in [0.1, 0.15) is 11.6 Å². The maximum absolute atomic E-state index is 12.1. The molecule has 0 fully saturated rings. The number of hydrogen-bond donors (Lipinski definition) is 1. The predicted molar refractivity (Wildman–Crippen MR) is 217 cm³/mol. The number of nitrogens with zero attached hydrogens (tertiary/aromatic N) is 3. The normalized spacial score (nSPS) is 12.2. The highest BCUT2D eigenvalue weighted by molar-refractivity contribution is 7.26. The Kier molecular flexibility index (Phi) is 7.92. The van der Waals surface area contributed by atoms with Crippen molar-refractivity contribution in [3.8, 4) is 28.3 Å². The zero-order chi connectivity index (χ0) is 35.5. The van der Waals surface area contributed by atoms with E-state index >= 15 is 0 Å². The molecular formula is C46H41N3OS. The zero-order valence-electron chi connectivity index (χ0n) is 29.9. The highest BCUT2D eigenvalue weighted by Gasteiger charge is 2.28. The van der Waals surface area contributed by atoms with Gasteiger partial charge in [-0.2, -0.15) is 0 Å². The van der Waals surface area contributed by atoms with Crippen LogP contribution in [0.25, 0.3) is 53.5 Å². The van der Waals surface area contributed by atoms with Gasteiger partial charge in [0, 0.05) is 49.4 Å². The Hall–Kier alpha value is -5.52. The van der Waals surface area contributed by atoms with Crippen LogP contribution in [-0.4, -0.2) is 15.1 Å². The highest BCUT2D eigenvalue weighted by atomic mass is 32.1. The van der Waals surface area contributed by atoms with Crippen molar-refractivity contribution in [3.63, 3.8) is 0 Å². The van der Waals surface area contributed by atoms with Crippen molar-refractivity contribution in [2.45, 2.75) is 52.4 Å². The van der Waals surface area contributed by atoms with E-state index in [2.05, 4.69) is 156 Å². The van der Waals surface area contributed by atoms with Crippen molar-refractivity contribution in [1.82, 2.24) is 9.97 Å². The van der Waals surface area contributed by atoms with E-state index in [4.69, 9.17) is 9.97 Å². The largest absolute Gasteiger partial charge is 0.507 e. The lowest BCUT2D eigenvalue weighted by molar-refractivity contribution is 0.446. The molecule has 4 nitrogen and oxygen atoms in total. The summed E-state index contributed by atoms with van der Waals surface area (Å²) in [7, 11) is 0. The molecule has 1 N–H and O–H groups in total. The van der Waals surface area contributed by atoms with Crippen molar-refractivity contribution in [2.24, 2.45) is 0 Å². The first-order chi connectivity index (χ1) is 24.5. The topological polar surface area (TPSA) is 49.2 Å². The molecular weight excluding hydrogens is 643 g/mol. The van der Waals surface area contributed by atoms with Gasteiger partial charge in [0.25, 0.3) is 0 Å². The molecule has 0 aliphatic rings. The molecule has 0 spiro atoms. The van der Waals surface area contributed by atoms with Gasteiger partial charge in [-0.15, -0.1) is 11.3 Å². The van der Waals surface area contributed by atoms with Gasteiger partial charge in [0.05, 0.1) is 21.8 Å². The van der Waals surface area contributed by atoms with Crippen LogP contribution in [0.1, 0.15) is 52.7 Å². The lowest BCUT2D eigenvalue weighted by Gasteiger charge is -2.27. The molecule has 5 aromatic carbocycles. The first-order valence-corrected chi connectivity index (χ1v) is 18.3. The van der Waals surface area contributed by atoms with Gasteiger partial charge in [-0.3, -0.25) is 4.90 Å². The number of aromatic nitrogens is 2. The van der Waals surface area contributed by atoms with Crippen molar-refractivity contribution in [1.29, 1.82) is 0 Å². The summed E-state index contributed by atoms with van der Waals surface area (Å²) in [6, 6.07) is 44.5. The van der Waals surface area contributed by atoms with Crippen LogP contribution in [0.15, 0.2) is 134 Å². The van der Waals surface area contributed by atoms with Crippen molar-refractivity contribution < 1.29 is 5.11 Å². The predicted octanol–water partition coefficient (Wildman–Crippen LogP) is 13.1. The lowest BCUT2D eigenvalue weighted by atomic mass is 9.78. The van der Waals surface area contributed by atoms with Crippen LogP contribution in [-0.2, 0) is 10.8 Å². The summed E-state index contributed by atoms with van der Waals surface area (Å²) in [5.74, 6) is 1.13. The quantitative estimate of drug-likeness (QED) is 0.196. The van der Waals surface area contributed by atoms with Crippen LogP contribution in [0.4, 0.5) is 17.2 Å². The maximum atomic E-state index is 12.1. The van der Waals surface area contributed by atoms with Crippen molar-refractivity contribution in [3.05, 3.63) is 145 Å². The molecule has 0 bridgehead atoms. The highest BCUT2D eigenvalue weighted by Crippen LogP contribution is 2.47. The number of aromatic hydroxyl groups is 1. The Morgan fingerprint density at radius 1 is 0.647 bits per heavy atom. The summed E-state index contributed by atoms with van der Waals surface area (Å²) in [5, 5.41) is 16.7. The Morgan fingerprint density at radius 2 is 1.37 bits per heavy atom. The minimum atomic E-state index is -0.262. The van der Waals surface area contributed by atoms with E-state index in [0.717, 1.165) is 60.7 Å². The molecule has 0 saturated heterocycles. The third-order valence-electron chi connectivity index (χ3n) is 9.69. The average molecular weight is 684 g/mol. The number of pyridine rings is 2. The van der Waals surface area contributed by atoms with Crippen LogP contribution < -0.4 is 4.90 Å². The van der Waals surface area contributed by atoms with Gasteiger partial charge >= 0.3 is 0 Å². The fraction of sp³-hybridized carbons (Fsp3) is 0.174. The summed E-state index contributed by atoms with van der Waals surface area (Å²) in [6.45, 7) is 13.2. The van der Waals surface area contributed by atoms with Gasteiger partial charge in [-0.05, 0) is 70.3 Å². The molecule has 0 aliphatic heterocycles. The second-order valence-corrected chi connectivity index (χ2v) is 16.4. The lowest BCUT2D eigenvalue weighted by Crippen LogP contribution is -2.17. The molecule has 0 radical (unpaired) electrons. The third kappa shape index (κ3) is 5.92. The van der Waals surface area contributed by atoms with E-state index in [1.165, 1.54) is 21.0 Å². The fourth-order valence-corrected chi connectivity index (χ4v) is 8.15. The fourth-order valence-electron chi connectivity index (χ4n) is 6.96. The molecule has 0 amide bonds. The monoisotopic (exact) mass is 683 g/mol. The van der Waals surface area contributed by atoms with Gasteiger partial charge in [-0.1, -0.05) is 120 Å². The van der Waals surface area contributed by atoms with Gasteiger partial charge < -0.3 is 5.11 Å². The van der Waals surface area contributed by atoms with E-state index < -0.39 is 0 Å². The van der Waals surface area contributed by atoms with E-state index in [9.17, 15) is 5.11 Å². The van der Waals surface area contributed by atoms with E-state index in [1.54, 1.807) is 11.3 Å². The molecule has 51 heavy (non-hydrogen) atoms. The molecule has 0 saturated carbocycles. The van der Waals surface area contributed by atoms with Crippen LogP contribution >= 0.6 is 11.3 Å². The first kappa shape index (κ1) is 32.7. The molecule has 252 valence electrons. The van der Waals surface area contributed by atoms with Crippen LogP contribution in [0.3, 0.4) is 0 Å². The summed E-state index contributed by atoms with van der Waals surface area (Å²) < 4.78 is 2.27. The molecule has 5 heteroatoms. The number of phenolic OH excluding ortho intramolecular Hbond substituents is 1. The number of anilines is 3. The zero-order valence-corrected chi connectivity index (χ0v) is 30.7. The van der Waals surface area contributed by atoms with Crippen molar-refractivity contribution >= 4 is 59.5 Å². The van der Waals surface area contributed by atoms with Crippen molar-refractivity contribution in [2.75, 3.05) is 4.90 Å². The number of thiophene rings is 1. The molecule has 8 aromatic rings. The standard InChI is InChI=1S/C46H41N3OS/c1-45(2,3)31-26-36(43(50)37(27-31)46(4,5)6)42-44-35(34-20-9-10-22-40(34)51-44)28-38(48-42)30-17-13-18-32(25-30)49(41-23-11-12-24-47-41)39-21-14-16-29-15-7-8-19-33(29)39/h7-28,50H,1-6H3. The third-order valence-corrected chi connectivity index (χ3v) is 10.9. The molecule has 8 rings (SSSR count). The molecule has 3 aromatic heterocycles. The molecule has 0 atom stereocenters. The Bertz CT molecular complexity index is 2570. The number of fused-ring (bicyclic) bond motifs is 4. The van der Waals surface area contributed by atoms with E-state index in [-0.39, 0.29) is 10.8 Å². The summed E-state index contributed by atoms with van der Waals surface area (Å²) in [6.07, 6.45) is 1.84. The first-order valence-electron chi connectivity index (χ1n) is 17.5. The van der Waals surface area contributed by atoms with Gasteiger partial charge in [0.2, 0.25) is 0 Å². The second-order valence-electron chi connectivity index (χ2n) is 15.3. The number of rotatable bonds is 5. The number of phenols is 1. The summed E-state index contributed by atoms with van der Waals surface area (Å²) >= 11 is 1.74. The molecule has 3 heterocycles. The van der Waals surface area contributed by atoms with E-state index in [0.29, 0.717) is 5.75 Å². The average Bonchev–Trinajstić information content (AvgIpc) is 3.50. The number of hydrogen-bond acceptors (Lipinski definition) is 5. The summed E-state index contributed by atoms with van der Waals surface area (Å²) in [5.41, 5.74) is 7.15. The Morgan fingerprint density at radius 3 is 2.14 bits per heavy atom. The number of benzene rings is 5. The Labute approximate surface area is 303 Å². The van der Waals surface area contributed by atoms with Gasteiger partial charge in [0.15, 0.2) is 0 Å². The Balaban J connectivity index is 1.39. The van der Waals surface area contributed by atoms with Crippen LogP contribution in [0.2, 0.25) is 0 Å². The smallest absolute Gasteiger partial charge is 0.137 e. The minimum absolute atomic E-state index is 0.121. The molecule has 0 unspecified atom stereocenters. The van der Waals surface area contributed by atoms with E-state index in [1.807, 2.05) is 24.4 Å². The SMILES string of the molecule is CC(C)(C)c1cc(-c2nc(-c3cccc(N(c4ccccn4)c4cccc5ccccc45)c3)cc3c2sc2ccccc23)c(O)c(C(C)(C)C)c1. The minimum Gasteiger partial charge on any atom is -0.507 e.